The number of anilines is 1. The summed E-state index contributed by atoms with van der Waals surface area (Å²) in [4.78, 5) is 34.1. The third-order valence-electron chi connectivity index (χ3n) is 3.06. The van der Waals surface area contributed by atoms with Crippen molar-refractivity contribution in [2.24, 2.45) is 5.10 Å². The minimum atomic E-state index is -1.03. The second-order valence-electron chi connectivity index (χ2n) is 4.93. The Morgan fingerprint density at radius 3 is 2.24 bits per heavy atom. The van der Waals surface area contributed by atoms with Gasteiger partial charge in [0.25, 0.3) is 0 Å². The van der Waals surface area contributed by atoms with E-state index in [9.17, 15) is 14.4 Å². The predicted octanol–water partition coefficient (Wildman–Crippen LogP) is 2.45. The highest BCUT2D eigenvalue weighted by molar-refractivity contribution is 6.36. The van der Waals surface area contributed by atoms with Gasteiger partial charge in [-0.2, -0.15) is 5.10 Å². The fourth-order valence-electron chi connectivity index (χ4n) is 1.87. The van der Waals surface area contributed by atoms with Gasteiger partial charge in [0.2, 0.25) is 0 Å². The molecule has 0 aliphatic heterocycles. The van der Waals surface area contributed by atoms with Gasteiger partial charge in [-0.3, -0.25) is 10.2 Å². The van der Waals surface area contributed by atoms with Gasteiger partial charge in [-0.1, -0.05) is 0 Å². The van der Waals surface area contributed by atoms with Gasteiger partial charge in [0.1, 0.15) is 5.71 Å². The third-order valence-corrected chi connectivity index (χ3v) is 3.06. The summed E-state index contributed by atoms with van der Waals surface area (Å²) < 4.78 is 9.78. The number of hydrazone groups is 1. The first-order valence-corrected chi connectivity index (χ1v) is 7.96. The molecule has 8 heteroatoms. The highest BCUT2D eigenvalue weighted by Crippen LogP contribution is 2.10. The lowest BCUT2D eigenvalue weighted by Crippen LogP contribution is -2.19. The molecule has 136 valence electrons. The molecule has 0 saturated carbocycles. The number of carbonyl (C=O) groups is 3. The Morgan fingerprint density at radius 1 is 1.04 bits per heavy atom. The summed E-state index contributed by atoms with van der Waals surface area (Å²) in [7, 11) is 0. The number of ether oxygens (including phenoxy) is 2. The summed E-state index contributed by atoms with van der Waals surface area (Å²) in [5.74, 6) is -1.93. The number of esters is 2. The minimum Gasteiger partial charge on any atom is -0.478 e. The van der Waals surface area contributed by atoms with Crippen LogP contribution in [0.15, 0.2) is 29.4 Å². The van der Waals surface area contributed by atoms with E-state index in [-0.39, 0.29) is 36.7 Å². The lowest BCUT2D eigenvalue weighted by molar-refractivity contribution is -0.143. The molecule has 1 aromatic rings. The molecule has 25 heavy (non-hydrogen) atoms. The molecule has 0 radical (unpaired) electrons. The van der Waals surface area contributed by atoms with Crippen molar-refractivity contribution in [3.63, 3.8) is 0 Å². The smallest absolute Gasteiger partial charge is 0.354 e. The lowest BCUT2D eigenvalue weighted by atomic mass is 10.1. The Labute approximate surface area is 145 Å². The Bertz CT molecular complexity index is 625. The van der Waals surface area contributed by atoms with Crippen molar-refractivity contribution in [2.75, 3.05) is 18.6 Å². The Balaban J connectivity index is 2.70. The van der Waals surface area contributed by atoms with Crippen LogP contribution in [-0.4, -0.2) is 41.9 Å². The van der Waals surface area contributed by atoms with Gasteiger partial charge in [-0.15, -0.1) is 0 Å². The number of hydrogen-bond acceptors (Lipinski definition) is 7. The van der Waals surface area contributed by atoms with Crippen LogP contribution in [0.5, 0.6) is 0 Å². The quantitative estimate of drug-likeness (QED) is 0.378. The molecule has 0 atom stereocenters. The van der Waals surface area contributed by atoms with E-state index in [1.54, 1.807) is 13.8 Å². The van der Waals surface area contributed by atoms with Crippen molar-refractivity contribution in [3.8, 4) is 0 Å². The molecule has 0 aliphatic rings. The number of hydrogen-bond donors (Lipinski definition) is 2. The Morgan fingerprint density at radius 2 is 1.68 bits per heavy atom. The molecule has 0 amide bonds. The van der Waals surface area contributed by atoms with Crippen LogP contribution >= 0.6 is 0 Å². The van der Waals surface area contributed by atoms with Gasteiger partial charge in [0, 0.05) is 6.42 Å². The molecule has 0 saturated heterocycles. The van der Waals surface area contributed by atoms with Crippen molar-refractivity contribution >= 4 is 29.3 Å². The monoisotopic (exact) mass is 350 g/mol. The van der Waals surface area contributed by atoms with Crippen LogP contribution in [0.1, 0.15) is 43.5 Å². The summed E-state index contributed by atoms with van der Waals surface area (Å²) in [6.45, 7) is 3.93. The number of nitrogens with zero attached hydrogens (tertiary/aromatic N) is 1. The molecule has 0 aliphatic carbocycles. The zero-order valence-electron chi connectivity index (χ0n) is 14.3. The molecule has 0 bridgehead atoms. The van der Waals surface area contributed by atoms with E-state index in [1.165, 1.54) is 24.3 Å². The highest BCUT2D eigenvalue weighted by atomic mass is 16.5. The van der Waals surface area contributed by atoms with Crippen LogP contribution in [0.25, 0.3) is 0 Å². The number of carboxylic acid groups (broad SMARTS) is 1. The van der Waals surface area contributed by atoms with E-state index < -0.39 is 11.9 Å². The average Bonchev–Trinajstić information content (AvgIpc) is 2.58. The number of aromatic carboxylic acids is 1. The van der Waals surface area contributed by atoms with Crippen molar-refractivity contribution in [3.05, 3.63) is 29.8 Å². The molecule has 2 N–H and O–H groups in total. The fourth-order valence-corrected chi connectivity index (χ4v) is 1.87. The van der Waals surface area contributed by atoms with E-state index in [1.807, 2.05) is 0 Å². The van der Waals surface area contributed by atoms with Crippen LogP contribution < -0.4 is 5.43 Å². The minimum absolute atomic E-state index is 0.147. The van der Waals surface area contributed by atoms with E-state index in [4.69, 9.17) is 14.6 Å². The van der Waals surface area contributed by atoms with Crippen LogP contribution in [-0.2, 0) is 19.1 Å². The first-order chi connectivity index (χ1) is 12.0. The number of carboxylic acids is 1. The predicted molar refractivity (Wildman–Crippen MR) is 91.6 cm³/mol. The largest absolute Gasteiger partial charge is 0.478 e. The first kappa shape index (κ1) is 20.1. The molecular formula is C17H22N2O6. The van der Waals surface area contributed by atoms with Crippen LogP contribution in [0.2, 0.25) is 0 Å². The summed E-state index contributed by atoms with van der Waals surface area (Å²) >= 11 is 0. The Kier molecular flexibility index (Phi) is 8.70. The number of rotatable bonds is 10. The van der Waals surface area contributed by atoms with Gasteiger partial charge in [-0.05, 0) is 51.0 Å². The summed E-state index contributed by atoms with van der Waals surface area (Å²) in [6, 6.07) is 5.92. The zero-order chi connectivity index (χ0) is 18.7. The molecule has 8 nitrogen and oxygen atoms in total. The molecule has 1 rings (SSSR count). The normalized spacial score (nSPS) is 10.9. The molecule has 0 unspecified atom stereocenters. The van der Waals surface area contributed by atoms with Crippen LogP contribution in [0, 0.1) is 0 Å². The number of benzene rings is 1. The van der Waals surface area contributed by atoms with Gasteiger partial charge >= 0.3 is 17.9 Å². The van der Waals surface area contributed by atoms with E-state index in [0.717, 1.165) is 0 Å². The topological polar surface area (TPSA) is 114 Å². The van der Waals surface area contributed by atoms with Crippen LogP contribution in [0.3, 0.4) is 0 Å². The highest BCUT2D eigenvalue weighted by Gasteiger charge is 2.14. The summed E-state index contributed by atoms with van der Waals surface area (Å²) in [5, 5.41) is 12.9. The van der Waals surface area contributed by atoms with E-state index in [0.29, 0.717) is 18.7 Å². The average molecular weight is 350 g/mol. The number of carbonyl (C=O) groups excluding carboxylic acids is 2. The maximum atomic E-state index is 11.9. The Hall–Kier alpha value is -2.90. The third kappa shape index (κ3) is 7.47. The maximum absolute atomic E-state index is 11.9. The van der Waals surface area contributed by atoms with Crippen molar-refractivity contribution < 1.29 is 29.0 Å². The van der Waals surface area contributed by atoms with E-state index >= 15 is 0 Å². The van der Waals surface area contributed by atoms with Crippen LogP contribution in [0.4, 0.5) is 5.69 Å². The van der Waals surface area contributed by atoms with Crippen molar-refractivity contribution in [1.82, 2.24) is 0 Å². The molecule has 0 aromatic heterocycles. The number of nitrogens with one attached hydrogen (secondary N) is 1. The standard InChI is InChI=1S/C17H22N2O6/c1-3-24-15(20)7-5-6-14(17(23)25-4-2)19-18-13-10-8-12(9-11-13)16(21)22/h8-11,18H,3-7H2,1-2H3,(H,21,22)/b19-14+. The van der Waals surface area contributed by atoms with Gasteiger partial charge in [0.15, 0.2) is 0 Å². The molecule has 0 heterocycles. The SMILES string of the molecule is CCOC(=O)CCC/C(=N\Nc1ccc(C(=O)O)cc1)C(=O)OCC. The summed E-state index contributed by atoms with van der Waals surface area (Å²) in [6.07, 6.45) is 0.827. The molecule has 0 fully saturated rings. The van der Waals surface area contributed by atoms with Gasteiger partial charge in [0.05, 0.1) is 24.5 Å². The molecule has 0 spiro atoms. The summed E-state index contributed by atoms with van der Waals surface area (Å²) in [5.41, 5.74) is 3.51. The lowest BCUT2D eigenvalue weighted by Gasteiger charge is -2.07. The molecular weight excluding hydrogens is 328 g/mol. The van der Waals surface area contributed by atoms with Crippen molar-refractivity contribution in [1.29, 1.82) is 0 Å². The second kappa shape index (κ2) is 10.8. The second-order valence-corrected chi connectivity index (χ2v) is 4.93. The molecule has 1 aromatic carbocycles. The maximum Gasteiger partial charge on any atom is 0.354 e. The fraction of sp³-hybridized carbons (Fsp3) is 0.412. The van der Waals surface area contributed by atoms with Crippen molar-refractivity contribution in [2.45, 2.75) is 33.1 Å². The van der Waals surface area contributed by atoms with E-state index in [2.05, 4.69) is 10.5 Å². The van der Waals surface area contributed by atoms with Gasteiger partial charge < -0.3 is 14.6 Å². The zero-order valence-corrected chi connectivity index (χ0v) is 14.3. The first-order valence-electron chi connectivity index (χ1n) is 7.96. The van der Waals surface area contributed by atoms with Gasteiger partial charge in [-0.25, -0.2) is 9.59 Å².